The SMILES string of the molecule is C[C@@H]1[C@@H](C)CCC[C@H]1NC(=O)[C@@H](C)N1CCN(S(=O)(=O)c2ccccc2F)CC1. The van der Waals surface area contributed by atoms with Crippen LogP contribution >= 0.6 is 0 Å². The van der Waals surface area contributed by atoms with Gasteiger partial charge in [0.25, 0.3) is 0 Å². The molecular formula is C21H32FN3O3S. The van der Waals surface area contributed by atoms with E-state index in [4.69, 9.17) is 0 Å². The van der Waals surface area contributed by atoms with Crippen molar-refractivity contribution in [1.82, 2.24) is 14.5 Å². The Balaban J connectivity index is 1.57. The molecule has 0 spiro atoms. The van der Waals surface area contributed by atoms with Gasteiger partial charge in [-0.25, -0.2) is 12.8 Å². The molecule has 1 heterocycles. The predicted molar refractivity (Wildman–Crippen MR) is 110 cm³/mol. The molecule has 29 heavy (non-hydrogen) atoms. The molecule has 8 heteroatoms. The number of nitrogens with zero attached hydrogens (tertiary/aromatic N) is 2. The second-order valence-corrected chi connectivity index (χ2v) is 10.3. The van der Waals surface area contributed by atoms with Crippen molar-refractivity contribution in [3.05, 3.63) is 30.1 Å². The summed E-state index contributed by atoms with van der Waals surface area (Å²) in [4.78, 5) is 14.5. The van der Waals surface area contributed by atoms with Gasteiger partial charge in [-0.15, -0.1) is 0 Å². The van der Waals surface area contributed by atoms with Crippen LogP contribution < -0.4 is 5.32 Å². The normalized spacial score (nSPS) is 28.1. The topological polar surface area (TPSA) is 69.7 Å². The minimum Gasteiger partial charge on any atom is -0.352 e. The third-order valence-electron chi connectivity index (χ3n) is 6.69. The molecule has 1 amide bonds. The Labute approximate surface area is 173 Å². The van der Waals surface area contributed by atoms with Crippen molar-refractivity contribution in [3.63, 3.8) is 0 Å². The van der Waals surface area contributed by atoms with Crippen LogP contribution in [0.25, 0.3) is 0 Å². The predicted octanol–water partition coefficient (Wildman–Crippen LogP) is 2.46. The lowest BCUT2D eigenvalue weighted by Crippen LogP contribution is -2.56. The number of benzene rings is 1. The van der Waals surface area contributed by atoms with E-state index in [1.165, 1.54) is 28.9 Å². The van der Waals surface area contributed by atoms with Crippen LogP contribution in [-0.4, -0.2) is 61.8 Å². The van der Waals surface area contributed by atoms with E-state index in [0.717, 1.165) is 18.9 Å². The van der Waals surface area contributed by atoms with E-state index in [1.54, 1.807) is 0 Å². The molecule has 3 rings (SSSR count). The first-order valence-electron chi connectivity index (χ1n) is 10.5. The molecule has 2 aliphatic rings. The Morgan fingerprint density at radius 1 is 1.14 bits per heavy atom. The Bertz CT molecular complexity index is 824. The second-order valence-electron chi connectivity index (χ2n) is 8.43. The number of hydrogen-bond donors (Lipinski definition) is 1. The lowest BCUT2D eigenvalue weighted by molar-refractivity contribution is -0.127. The van der Waals surface area contributed by atoms with E-state index in [0.29, 0.717) is 24.9 Å². The van der Waals surface area contributed by atoms with Crippen LogP contribution in [0.5, 0.6) is 0 Å². The van der Waals surface area contributed by atoms with Gasteiger partial charge in [-0.2, -0.15) is 4.31 Å². The zero-order valence-electron chi connectivity index (χ0n) is 17.5. The van der Waals surface area contributed by atoms with E-state index in [-0.39, 0.29) is 36.0 Å². The van der Waals surface area contributed by atoms with Crippen LogP contribution in [0.1, 0.15) is 40.0 Å². The fraction of sp³-hybridized carbons (Fsp3) is 0.667. The second kappa shape index (κ2) is 9.10. The fourth-order valence-corrected chi connectivity index (χ4v) is 5.87. The Hall–Kier alpha value is -1.51. The van der Waals surface area contributed by atoms with Gasteiger partial charge in [0.05, 0.1) is 6.04 Å². The molecule has 0 bridgehead atoms. The van der Waals surface area contributed by atoms with Crippen molar-refractivity contribution in [3.8, 4) is 0 Å². The maximum absolute atomic E-state index is 14.0. The van der Waals surface area contributed by atoms with Gasteiger partial charge in [0.2, 0.25) is 15.9 Å². The molecule has 1 aromatic carbocycles. The molecule has 4 atom stereocenters. The third kappa shape index (κ3) is 4.81. The van der Waals surface area contributed by atoms with Crippen molar-refractivity contribution in [2.45, 2.75) is 57.0 Å². The van der Waals surface area contributed by atoms with Crippen molar-refractivity contribution in [1.29, 1.82) is 0 Å². The molecule has 0 radical (unpaired) electrons. The zero-order valence-corrected chi connectivity index (χ0v) is 18.3. The molecule has 1 saturated carbocycles. The summed E-state index contributed by atoms with van der Waals surface area (Å²) in [5.74, 6) is 0.332. The number of hydrogen-bond acceptors (Lipinski definition) is 4. The first-order chi connectivity index (χ1) is 13.7. The summed E-state index contributed by atoms with van der Waals surface area (Å²) in [6.45, 7) is 7.68. The molecular weight excluding hydrogens is 393 g/mol. The Morgan fingerprint density at radius 2 is 1.79 bits per heavy atom. The van der Waals surface area contributed by atoms with Crippen LogP contribution in [0.4, 0.5) is 4.39 Å². The van der Waals surface area contributed by atoms with Gasteiger partial charge in [-0.05, 0) is 37.3 Å². The summed E-state index contributed by atoms with van der Waals surface area (Å²) >= 11 is 0. The Kier molecular flexibility index (Phi) is 6.96. The van der Waals surface area contributed by atoms with E-state index in [1.807, 2.05) is 11.8 Å². The van der Waals surface area contributed by atoms with Crippen molar-refractivity contribution >= 4 is 15.9 Å². The van der Waals surface area contributed by atoms with Gasteiger partial charge in [0.15, 0.2) is 0 Å². The zero-order chi connectivity index (χ0) is 21.2. The summed E-state index contributed by atoms with van der Waals surface area (Å²) in [5.41, 5.74) is 0. The quantitative estimate of drug-likeness (QED) is 0.787. The average Bonchev–Trinajstić information content (AvgIpc) is 2.71. The fourth-order valence-electron chi connectivity index (χ4n) is 4.38. The Morgan fingerprint density at radius 3 is 2.45 bits per heavy atom. The monoisotopic (exact) mass is 425 g/mol. The minimum absolute atomic E-state index is 0.00126. The number of rotatable bonds is 5. The van der Waals surface area contributed by atoms with Crippen LogP contribution in [0.15, 0.2) is 29.2 Å². The summed E-state index contributed by atoms with van der Waals surface area (Å²) in [6.07, 6.45) is 3.36. The number of amides is 1. The lowest BCUT2D eigenvalue weighted by atomic mass is 9.78. The van der Waals surface area contributed by atoms with Gasteiger partial charge in [0.1, 0.15) is 10.7 Å². The molecule has 1 aromatic rings. The number of halogens is 1. The number of piperazine rings is 1. The van der Waals surface area contributed by atoms with Gasteiger partial charge >= 0.3 is 0 Å². The molecule has 1 aliphatic carbocycles. The summed E-state index contributed by atoms with van der Waals surface area (Å²) in [6, 6.07) is 5.32. The maximum Gasteiger partial charge on any atom is 0.246 e. The highest BCUT2D eigenvalue weighted by Gasteiger charge is 2.34. The van der Waals surface area contributed by atoms with E-state index < -0.39 is 15.8 Å². The molecule has 162 valence electrons. The molecule has 0 unspecified atom stereocenters. The van der Waals surface area contributed by atoms with Gasteiger partial charge in [0, 0.05) is 32.2 Å². The van der Waals surface area contributed by atoms with Crippen molar-refractivity contribution in [2.24, 2.45) is 11.8 Å². The maximum atomic E-state index is 14.0. The van der Waals surface area contributed by atoms with E-state index in [9.17, 15) is 17.6 Å². The van der Waals surface area contributed by atoms with Crippen LogP contribution in [0, 0.1) is 17.7 Å². The van der Waals surface area contributed by atoms with Crippen molar-refractivity contribution in [2.75, 3.05) is 26.2 Å². The standard InChI is InChI=1S/C21H32FN3O3S/c1-15-7-6-9-19(16(15)2)23-21(26)17(3)24-11-13-25(14-12-24)29(27,28)20-10-5-4-8-18(20)22/h4-5,8,10,15-17,19H,6-7,9,11-14H2,1-3H3,(H,23,26)/t15-,16+,17+,19+/m0/s1. The molecule has 0 aromatic heterocycles. The first kappa shape index (κ1) is 22.2. The molecule has 2 fully saturated rings. The third-order valence-corrected chi connectivity index (χ3v) is 8.62. The largest absolute Gasteiger partial charge is 0.352 e. The van der Waals surface area contributed by atoms with Gasteiger partial charge in [-0.1, -0.05) is 38.8 Å². The highest BCUT2D eigenvalue weighted by atomic mass is 32.2. The number of sulfonamides is 1. The lowest BCUT2D eigenvalue weighted by Gasteiger charge is -2.39. The molecule has 1 aliphatic heterocycles. The average molecular weight is 426 g/mol. The van der Waals surface area contributed by atoms with Crippen LogP contribution in [0.3, 0.4) is 0 Å². The summed E-state index contributed by atoms with van der Waals surface area (Å²) in [5, 5.41) is 3.21. The van der Waals surface area contributed by atoms with Gasteiger partial charge < -0.3 is 5.32 Å². The smallest absolute Gasteiger partial charge is 0.246 e. The summed E-state index contributed by atoms with van der Waals surface area (Å²) in [7, 11) is -3.87. The van der Waals surface area contributed by atoms with Gasteiger partial charge in [-0.3, -0.25) is 9.69 Å². The summed E-state index contributed by atoms with van der Waals surface area (Å²) < 4.78 is 40.7. The molecule has 1 N–H and O–H groups in total. The van der Waals surface area contributed by atoms with Crippen LogP contribution in [-0.2, 0) is 14.8 Å². The molecule has 6 nitrogen and oxygen atoms in total. The number of carbonyl (C=O) groups excluding carboxylic acids is 1. The van der Waals surface area contributed by atoms with Crippen molar-refractivity contribution < 1.29 is 17.6 Å². The highest BCUT2D eigenvalue weighted by molar-refractivity contribution is 7.89. The number of carbonyl (C=O) groups is 1. The first-order valence-corrected chi connectivity index (χ1v) is 11.9. The molecule has 1 saturated heterocycles. The number of nitrogens with one attached hydrogen (secondary N) is 1. The minimum atomic E-state index is -3.87. The van der Waals surface area contributed by atoms with Crippen LogP contribution in [0.2, 0.25) is 0 Å². The van der Waals surface area contributed by atoms with E-state index >= 15 is 0 Å². The van der Waals surface area contributed by atoms with E-state index in [2.05, 4.69) is 19.2 Å². The highest BCUT2D eigenvalue weighted by Crippen LogP contribution is 2.29.